The maximum Gasteiger partial charge on any atom is 0.377 e. The molecule has 0 aromatic rings. The van der Waals surface area contributed by atoms with Gasteiger partial charge in [-0.25, -0.2) is 9.59 Å². The van der Waals surface area contributed by atoms with Gasteiger partial charge in [0, 0.05) is 45.6 Å². The van der Waals surface area contributed by atoms with Gasteiger partial charge in [0.2, 0.25) is 12.2 Å². The minimum Gasteiger partial charge on any atom is -0.460 e. The van der Waals surface area contributed by atoms with E-state index in [-0.39, 0.29) is 63.0 Å². The smallest absolute Gasteiger partial charge is 0.377 e. The molecule has 280 valence electrons. The van der Waals surface area contributed by atoms with Gasteiger partial charge in [-0.15, -0.1) is 5.06 Å². The van der Waals surface area contributed by atoms with Crippen LogP contribution in [0.2, 0.25) is 0 Å². The second-order valence-corrected chi connectivity index (χ2v) is 11.6. The number of methoxy groups -OCH3 is 1. The Balaban J connectivity index is 0.00000254. The van der Waals surface area contributed by atoms with Gasteiger partial charge in [-0.2, -0.15) is 0 Å². The lowest BCUT2D eigenvalue weighted by Gasteiger charge is -2.34. The number of carbonyl (C=O) groups is 8. The first-order valence-corrected chi connectivity index (χ1v) is 17.0. The predicted molar refractivity (Wildman–Crippen MR) is 161 cm³/mol. The summed E-state index contributed by atoms with van der Waals surface area (Å²) in [5.41, 5.74) is 4.99. The standard InChI is InChI=1S/C25H35NO15.C3H10NO3P/c1-6-16(29)37-20(22(39-18(31)8-3)24(33)36-13-12-35-5)21(38-17(30)7-2)23(40-19(32)9-4)25(34)41-26-14(27)10-11-15(26)28;4-2-1-3-8(5,6)7/h20-23H,6-13H2,1-5H3;1-4H2,(H2,5,6,7). The molecule has 1 saturated heterocycles. The Morgan fingerprint density at radius 3 is 1.49 bits per heavy atom. The fraction of sp³-hybridized carbons (Fsp3) is 0.714. The largest absolute Gasteiger partial charge is 0.460 e. The Morgan fingerprint density at radius 1 is 0.735 bits per heavy atom. The summed E-state index contributed by atoms with van der Waals surface area (Å²) in [5.74, 6) is -8.69. The van der Waals surface area contributed by atoms with E-state index in [1.165, 1.54) is 34.8 Å². The monoisotopic (exact) mass is 728 g/mol. The van der Waals surface area contributed by atoms with E-state index in [1.54, 1.807) is 0 Å². The molecule has 4 atom stereocenters. The number of hydrogen-bond acceptors (Lipinski definition) is 17. The van der Waals surface area contributed by atoms with Crippen LogP contribution in [0.25, 0.3) is 0 Å². The summed E-state index contributed by atoms with van der Waals surface area (Å²) in [4.78, 5) is 121. The molecule has 1 fully saturated rings. The van der Waals surface area contributed by atoms with E-state index in [2.05, 4.69) is 0 Å². The van der Waals surface area contributed by atoms with Crippen LogP contribution in [-0.2, 0) is 76.2 Å². The van der Waals surface area contributed by atoms with Crippen LogP contribution < -0.4 is 5.73 Å². The van der Waals surface area contributed by atoms with Gasteiger partial charge in [0.1, 0.15) is 6.61 Å². The highest BCUT2D eigenvalue weighted by atomic mass is 31.2. The van der Waals surface area contributed by atoms with Crippen molar-refractivity contribution < 1.29 is 86.0 Å². The average Bonchev–Trinajstić information content (AvgIpc) is 3.38. The molecule has 21 heteroatoms. The summed E-state index contributed by atoms with van der Waals surface area (Å²) in [5, 5.41) is 0.147. The number of rotatable bonds is 20. The lowest BCUT2D eigenvalue weighted by atomic mass is 10.0. The number of hydrogen-bond donors (Lipinski definition) is 3. The fourth-order valence-corrected chi connectivity index (χ4v) is 4.02. The van der Waals surface area contributed by atoms with Crippen LogP contribution in [-0.4, -0.2) is 120 Å². The summed E-state index contributed by atoms with van der Waals surface area (Å²) in [6, 6.07) is 0. The van der Waals surface area contributed by atoms with Gasteiger partial charge in [-0.1, -0.05) is 27.7 Å². The van der Waals surface area contributed by atoms with E-state index in [1.807, 2.05) is 0 Å². The number of esters is 5. The average molecular weight is 729 g/mol. The highest BCUT2D eigenvalue weighted by molar-refractivity contribution is 7.51. The lowest BCUT2D eigenvalue weighted by molar-refractivity contribution is -0.223. The van der Waals surface area contributed by atoms with E-state index in [9.17, 15) is 42.9 Å². The molecule has 2 amide bonds. The molecule has 0 aromatic heterocycles. The molecular weight excluding hydrogens is 683 g/mol. The molecule has 4 unspecified atom stereocenters. The molecule has 0 spiro atoms. The predicted octanol–water partition coefficient (Wildman–Crippen LogP) is -0.417. The zero-order valence-corrected chi connectivity index (χ0v) is 28.9. The third-order valence-corrected chi connectivity index (χ3v) is 6.86. The van der Waals surface area contributed by atoms with E-state index in [0.717, 1.165) is 0 Å². The third-order valence-electron chi connectivity index (χ3n) is 5.96. The number of nitrogens with two attached hydrogens (primary N) is 1. The molecule has 20 nitrogen and oxygen atoms in total. The van der Waals surface area contributed by atoms with E-state index in [0.29, 0.717) is 13.0 Å². The van der Waals surface area contributed by atoms with Crippen LogP contribution in [0, 0.1) is 0 Å². The molecular formula is C28H45N2O18P. The molecule has 0 saturated carbocycles. The van der Waals surface area contributed by atoms with Crippen molar-refractivity contribution in [1.29, 1.82) is 0 Å². The molecule has 1 aliphatic rings. The Hall–Kier alpha value is -3.97. The van der Waals surface area contributed by atoms with Crippen molar-refractivity contribution in [2.24, 2.45) is 5.73 Å². The Labute approximate surface area is 282 Å². The third kappa shape index (κ3) is 17.3. The number of ether oxygens (including phenoxy) is 6. The van der Waals surface area contributed by atoms with Gasteiger partial charge < -0.3 is 48.8 Å². The van der Waals surface area contributed by atoms with Crippen molar-refractivity contribution in [3.63, 3.8) is 0 Å². The number of imide groups is 1. The van der Waals surface area contributed by atoms with Crippen LogP contribution in [0.3, 0.4) is 0 Å². The first kappa shape index (κ1) is 45.0. The second-order valence-electron chi connectivity index (χ2n) is 9.83. The molecule has 1 rings (SSSR count). The number of carbonyl (C=O) groups excluding carboxylic acids is 8. The van der Waals surface area contributed by atoms with Crippen molar-refractivity contribution >= 4 is 55.2 Å². The molecule has 0 aliphatic carbocycles. The molecule has 0 bridgehead atoms. The van der Waals surface area contributed by atoms with Crippen LogP contribution in [0.4, 0.5) is 0 Å². The van der Waals surface area contributed by atoms with Crippen molar-refractivity contribution in [2.75, 3.05) is 33.0 Å². The quantitative estimate of drug-likeness (QED) is 0.0472. The van der Waals surface area contributed by atoms with Crippen molar-refractivity contribution in [3.8, 4) is 0 Å². The van der Waals surface area contributed by atoms with Crippen molar-refractivity contribution in [1.82, 2.24) is 5.06 Å². The molecule has 49 heavy (non-hydrogen) atoms. The molecule has 0 radical (unpaired) electrons. The summed E-state index contributed by atoms with van der Waals surface area (Å²) in [6.45, 7) is 5.43. The van der Waals surface area contributed by atoms with E-state index < -0.39 is 79.6 Å². The number of amides is 2. The number of hydroxylamine groups is 2. The zero-order valence-electron chi connectivity index (χ0n) is 28.0. The first-order chi connectivity index (χ1) is 23.0. The maximum absolute atomic E-state index is 13.3. The lowest BCUT2D eigenvalue weighted by Crippen LogP contribution is -2.57. The minimum absolute atomic E-state index is 0.0746. The van der Waals surface area contributed by atoms with Crippen LogP contribution >= 0.6 is 7.60 Å². The van der Waals surface area contributed by atoms with Crippen molar-refractivity contribution in [3.05, 3.63) is 0 Å². The Kier molecular flexibility index (Phi) is 21.5. The minimum atomic E-state index is -3.76. The van der Waals surface area contributed by atoms with Crippen LogP contribution in [0.5, 0.6) is 0 Å². The number of nitrogens with zero attached hydrogens (tertiary/aromatic N) is 1. The highest BCUT2D eigenvalue weighted by Crippen LogP contribution is 2.34. The van der Waals surface area contributed by atoms with E-state index >= 15 is 0 Å². The van der Waals surface area contributed by atoms with Gasteiger partial charge in [0.25, 0.3) is 11.8 Å². The SMILES string of the molecule is CCC(=O)OC(C(=O)OCCOC)C(OC(=O)CC)C(OC(=O)CC)C(OC(=O)CC)C(=O)ON1C(=O)CCC1=O.NCCCP(=O)(O)O. The molecule has 4 N–H and O–H groups in total. The molecule has 0 aromatic carbocycles. The summed E-state index contributed by atoms with van der Waals surface area (Å²) in [6.07, 6.45) is -10.2. The fourth-order valence-electron chi connectivity index (χ4n) is 3.43. The highest BCUT2D eigenvalue weighted by Gasteiger charge is 2.52. The maximum atomic E-state index is 13.3. The van der Waals surface area contributed by atoms with Gasteiger partial charge in [-0.05, 0) is 13.0 Å². The van der Waals surface area contributed by atoms with Gasteiger partial charge in [0.05, 0.1) is 12.8 Å². The topological polar surface area (TPSA) is 288 Å². The normalized spacial score (nSPS) is 15.1. The van der Waals surface area contributed by atoms with Crippen LogP contribution in [0.1, 0.15) is 72.6 Å². The van der Waals surface area contributed by atoms with Gasteiger partial charge in [-0.3, -0.25) is 33.3 Å². The summed E-state index contributed by atoms with van der Waals surface area (Å²) in [7, 11) is -2.44. The Morgan fingerprint density at radius 2 is 1.14 bits per heavy atom. The van der Waals surface area contributed by atoms with Gasteiger partial charge in [0.15, 0.2) is 12.2 Å². The second kappa shape index (κ2) is 23.4. The van der Waals surface area contributed by atoms with E-state index in [4.69, 9.17) is 48.8 Å². The summed E-state index contributed by atoms with van der Waals surface area (Å²) >= 11 is 0. The van der Waals surface area contributed by atoms with Crippen molar-refractivity contribution in [2.45, 2.75) is 97.1 Å². The molecule has 1 aliphatic heterocycles. The zero-order chi connectivity index (χ0) is 37.7. The first-order valence-electron chi connectivity index (χ1n) is 15.3. The summed E-state index contributed by atoms with van der Waals surface area (Å²) < 4.78 is 40.9. The van der Waals surface area contributed by atoms with Crippen LogP contribution in [0.15, 0.2) is 0 Å². The molecule has 1 heterocycles. The Bertz CT molecular complexity index is 1190. The van der Waals surface area contributed by atoms with Gasteiger partial charge >= 0.3 is 43.4 Å².